The predicted molar refractivity (Wildman–Crippen MR) is 109 cm³/mol. The largest absolute Gasteiger partial charge is 0.443 e. The molecule has 0 aliphatic carbocycles. The van der Waals surface area contributed by atoms with Crippen LogP contribution >= 0.6 is 0 Å². The number of nitrogens with zero attached hydrogens (tertiary/aromatic N) is 2. The molecule has 3 aromatic rings. The summed E-state index contributed by atoms with van der Waals surface area (Å²) >= 11 is 0. The van der Waals surface area contributed by atoms with E-state index in [0.29, 0.717) is 30.6 Å². The van der Waals surface area contributed by atoms with Gasteiger partial charge in [-0.2, -0.15) is 0 Å². The van der Waals surface area contributed by atoms with E-state index < -0.39 is 11.7 Å². The Labute approximate surface area is 168 Å². The average molecular weight is 399 g/mol. The molecule has 1 N–H and O–H groups in total. The Morgan fingerprint density at radius 1 is 1.14 bits per heavy atom. The lowest BCUT2D eigenvalue weighted by Crippen LogP contribution is -2.27. The topological polar surface area (TPSA) is 91.7 Å². The van der Waals surface area contributed by atoms with Crippen molar-refractivity contribution in [3.8, 4) is 0 Å². The van der Waals surface area contributed by atoms with Gasteiger partial charge in [-0.25, -0.2) is 24.1 Å². The number of pyridine rings is 1. The van der Waals surface area contributed by atoms with Crippen LogP contribution in [0.1, 0.15) is 37.7 Å². The summed E-state index contributed by atoms with van der Waals surface area (Å²) in [5, 5.41) is 4.40. The first-order chi connectivity index (χ1) is 13.8. The molecule has 154 valence electrons. The van der Waals surface area contributed by atoms with E-state index in [-0.39, 0.29) is 11.6 Å². The Bertz CT molecular complexity index is 1040. The molecular formula is C21H25N3O5. The third-order valence-corrected chi connectivity index (χ3v) is 4.18. The highest BCUT2D eigenvalue weighted by Crippen LogP contribution is 2.29. The van der Waals surface area contributed by atoms with E-state index in [1.807, 2.05) is 45.0 Å². The zero-order valence-corrected chi connectivity index (χ0v) is 17.0. The maximum absolute atomic E-state index is 12.8. The molecule has 2 aromatic heterocycles. The number of carbonyl (C=O) groups excluding carboxylic acids is 2. The molecule has 0 unspecified atom stereocenters. The first kappa shape index (κ1) is 20.8. The van der Waals surface area contributed by atoms with Gasteiger partial charge < -0.3 is 10.1 Å². The van der Waals surface area contributed by atoms with E-state index in [1.54, 1.807) is 6.07 Å². The van der Waals surface area contributed by atoms with Crippen molar-refractivity contribution in [2.24, 2.45) is 0 Å². The summed E-state index contributed by atoms with van der Waals surface area (Å²) in [4.78, 5) is 38.8. The van der Waals surface area contributed by atoms with Crippen molar-refractivity contribution in [2.45, 2.75) is 32.8 Å². The Morgan fingerprint density at radius 2 is 1.90 bits per heavy atom. The fraction of sp³-hybridized carbons (Fsp3) is 0.381. The minimum absolute atomic E-state index is 0.275. The summed E-state index contributed by atoms with van der Waals surface area (Å²) < 4.78 is 7.05. The molecule has 0 saturated heterocycles. The zero-order valence-electron chi connectivity index (χ0n) is 17.0. The average Bonchev–Trinajstić information content (AvgIpc) is 3.00. The molecule has 0 radical (unpaired) electrons. The molecule has 0 aliphatic rings. The number of fused-ring (bicyclic) bond motifs is 3. The molecule has 0 atom stereocenters. The molecule has 0 aliphatic heterocycles. The molecule has 0 saturated carbocycles. The molecule has 1 amide bonds. The predicted octanol–water partition coefficient (Wildman–Crippen LogP) is 3.67. The number of carbonyl (C=O) groups is 2. The minimum Gasteiger partial charge on any atom is -0.443 e. The van der Waals surface area contributed by atoms with Gasteiger partial charge in [-0.15, -0.1) is 0 Å². The van der Waals surface area contributed by atoms with Crippen LogP contribution in [0.15, 0.2) is 36.5 Å². The second-order valence-corrected chi connectivity index (χ2v) is 7.52. The Kier molecular flexibility index (Phi) is 6.14. The molecule has 2 heterocycles. The fourth-order valence-corrected chi connectivity index (χ4v) is 3.00. The monoisotopic (exact) mass is 399 g/mol. The lowest BCUT2D eigenvalue weighted by molar-refractivity contribution is -0.272. The summed E-state index contributed by atoms with van der Waals surface area (Å²) in [6, 6.07) is 9.18. The smallest absolute Gasteiger partial charge is 0.419 e. The lowest BCUT2D eigenvalue weighted by atomic mass is 10.1. The molecular weight excluding hydrogens is 374 g/mol. The molecule has 29 heavy (non-hydrogen) atoms. The van der Waals surface area contributed by atoms with Gasteiger partial charge in [0.25, 0.3) is 5.91 Å². The number of amides is 1. The van der Waals surface area contributed by atoms with Crippen molar-refractivity contribution < 1.29 is 24.1 Å². The molecule has 8 nitrogen and oxygen atoms in total. The third-order valence-electron chi connectivity index (χ3n) is 4.18. The van der Waals surface area contributed by atoms with E-state index >= 15 is 0 Å². The highest BCUT2D eigenvalue weighted by atomic mass is 17.2. The van der Waals surface area contributed by atoms with Gasteiger partial charge in [0, 0.05) is 17.3 Å². The quantitative estimate of drug-likeness (QED) is 0.386. The van der Waals surface area contributed by atoms with Gasteiger partial charge in [-0.3, -0.25) is 4.79 Å². The molecule has 3 rings (SSSR count). The summed E-state index contributed by atoms with van der Waals surface area (Å²) in [7, 11) is 1.44. The van der Waals surface area contributed by atoms with Crippen LogP contribution in [0.4, 0.5) is 4.79 Å². The Balaban J connectivity index is 1.94. The van der Waals surface area contributed by atoms with Crippen LogP contribution in [0, 0.1) is 0 Å². The zero-order chi connectivity index (χ0) is 21.0. The van der Waals surface area contributed by atoms with Gasteiger partial charge in [-0.1, -0.05) is 18.2 Å². The fourth-order valence-electron chi connectivity index (χ4n) is 3.00. The molecule has 1 aromatic carbocycles. The van der Waals surface area contributed by atoms with Crippen molar-refractivity contribution in [1.29, 1.82) is 0 Å². The number of aromatic nitrogens is 2. The van der Waals surface area contributed by atoms with Crippen LogP contribution in [0.25, 0.3) is 21.8 Å². The van der Waals surface area contributed by atoms with E-state index in [9.17, 15) is 9.59 Å². The van der Waals surface area contributed by atoms with Crippen LogP contribution < -0.4 is 5.32 Å². The second kappa shape index (κ2) is 8.59. The van der Waals surface area contributed by atoms with Crippen molar-refractivity contribution in [3.63, 3.8) is 0 Å². The summed E-state index contributed by atoms with van der Waals surface area (Å²) in [6.45, 7) is 6.26. The van der Waals surface area contributed by atoms with Crippen LogP contribution in [0.3, 0.4) is 0 Å². The number of benzene rings is 1. The Hall–Kier alpha value is -2.97. The van der Waals surface area contributed by atoms with Crippen molar-refractivity contribution in [3.05, 3.63) is 42.2 Å². The van der Waals surface area contributed by atoms with Crippen LogP contribution in [-0.2, 0) is 14.5 Å². The van der Waals surface area contributed by atoms with Gasteiger partial charge in [0.1, 0.15) is 11.3 Å². The summed E-state index contributed by atoms with van der Waals surface area (Å²) in [5.74, 6) is -0.293. The normalized spacial score (nSPS) is 11.7. The van der Waals surface area contributed by atoms with Gasteiger partial charge in [0.2, 0.25) is 0 Å². The second-order valence-electron chi connectivity index (χ2n) is 7.52. The van der Waals surface area contributed by atoms with Crippen molar-refractivity contribution in [2.75, 3.05) is 20.3 Å². The van der Waals surface area contributed by atoms with Crippen molar-refractivity contribution in [1.82, 2.24) is 14.9 Å². The lowest BCUT2D eigenvalue weighted by Gasteiger charge is -2.20. The number of hydrogen-bond donors (Lipinski definition) is 1. The maximum atomic E-state index is 12.8. The Morgan fingerprint density at radius 3 is 2.62 bits per heavy atom. The van der Waals surface area contributed by atoms with Gasteiger partial charge in [-0.05, 0) is 39.3 Å². The summed E-state index contributed by atoms with van der Waals surface area (Å²) in [6.07, 6.45) is 1.66. The van der Waals surface area contributed by atoms with Gasteiger partial charge >= 0.3 is 6.09 Å². The first-order valence-corrected chi connectivity index (χ1v) is 9.38. The standard InChI is InChI=1S/C21H25N3O5/c1-21(2,3)29-20(26)24-17-9-6-5-8-14(17)15-12-16(23-13-18(15)24)19(25)22-10-7-11-28-27-4/h5-6,8-9,12-13H,7,10-11H2,1-4H3,(H,22,25). The van der Waals surface area contributed by atoms with Crippen LogP contribution in [0.2, 0.25) is 0 Å². The van der Waals surface area contributed by atoms with Crippen LogP contribution in [0.5, 0.6) is 0 Å². The maximum Gasteiger partial charge on any atom is 0.419 e. The minimum atomic E-state index is -0.630. The molecule has 8 heteroatoms. The van der Waals surface area contributed by atoms with Crippen LogP contribution in [-0.4, -0.2) is 47.4 Å². The van der Waals surface area contributed by atoms with Crippen molar-refractivity contribution >= 4 is 33.8 Å². The van der Waals surface area contributed by atoms with E-state index in [4.69, 9.17) is 9.62 Å². The number of hydrogen-bond acceptors (Lipinski definition) is 6. The first-order valence-electron chi connectivity index (χ1n) is 9.38. The van der Waals surface area contributed by atoms with E-state index in [0.717, 1.165) is 10.8 Å². The number of nitrogens with one attached hydrogen (secondary N) is 1. The molecule has 0 fully saturated rings. The number of para-hydroxylation sites is 1. The van der Waals surface area contributed by atoms with E-state index in [2.05, 4.69) is 15.2 Å². The highest BCUT2D eigenvalue weighted by molar-refractivity contribution is 6.13. The third kappa shape index (κ3) is 4.72. The van der Waals surface area contributed by atoms with Gasteiger partial charge in [0.15, 0.2) is 0 Å². The highest BCUT2D eigenvalue weighted by Gasteiger charge is 2.23. The SMILES string of the molecule is COOCCCNC(=O)c1cc2c3ccccc3n(C(=O)OC(C)(C)C)c2cn1. The molecule has 0 spiro atoms. The number of rotatable bonds is 6. The summed E-state index contributed by atoms with van der Waals surface area (Å²) in [5.41, 5.74) is 0.935. The van der Waals surface area contributed by atoms with E-state index in [1.165, 1.54) is 17.9 Å². The molecule has 0 bridgehead atoms. The van der Waals surface area contributed by atoms with Gasteiger partial charge in [0.05, 0.1) is 30.9 Å². The number of ether oxygens (including phenoxy) is 1.